The number of nitrogens with zero attached hydrogens (tertiary/aromatic N) is 2. The van der Waals surface area contributed by atoms with Crippen LogP contribution in [0.25, 0.3) is 41.6 Å². The number of hydrogen-bond acceptors (Lipinski definition) is 12. The smallest absolute Gasteiger partial charge is 0.296 e. The number of phenolic OH excluding ortho intramolecular Hbond substituents is 1. The van der Waals surface area contributed by atoms with Crippen molar-refractivity contribution in [3.05, 3.63) is 115 Å². The highest BCUT2D eigenvalue weighted by atomic mass is 32.2. The molecule has 3 N–H and O–H groups in total. The van der Waals surface area contributed by atoms with Crippen LogP contribution in [0.1, 0.15) is 25.8 Å². The molecule has 7 rings (SSSR count). The van der Waals surface area contributed by atoms with E-state index >= 15 is 0 Å². The second-order valence-corrected chi connectivity index (χ2v) is 16.0. The van der Waals surface area contributed by atoms with Gasteiger partial charge in [-0.25, -0.2) is 9.97 Å². The van der Waals surface area contributed by atoms with Crippen LogP contribution in [-0.2, 0) is 19.0 Å². The lowest BCUT2D eigenvalue weighted by Crippen LogP contribution is -2.11. The number of methoxy groups -OCH3 is 1. The minimum absolute atomic E-state index is 0. The van der Waals surface area contributed by atoms with Crippen LogP contribution in [0.15, 0.2) is 114 Å². The predicted octanol–water partition coefficient (Wildman–Crippen LogP) is 10.5. The van der Waals surface area contributed by atoms with E-state index in [4.69, 9.17) is 18.6 Å². The average molecular weight is 816 g/mol. The van der Waals surface area contributed by atoms with Crippen LogP contribution in [0.2, 0.25) is 0 Å². The first-order valence-corrected chi connectivity index (χ1v) is 20.6. The molecule has 2 aromatic heterocycles. The molecule has 7 aromatic rings. The predicted molar refractivity (Wildman–Crippen MR) is 228 cm³/mol. The number of halogens is 1. The normalized spacial score (nSPS) is 11.1. The highest BCUT2D eigenvalue weighted by Gasteiger charge is 2.14. The van der Waals surface area contributed by atoms with Crippen LogP contribution in [0, 0.1) is 6.92 Å². The van der Waals surface area contributed by atoms with E-state index in [1.54, 1.807) is 66.2 Å². The maximum atomic E-state index is 12.2. The highest BCUT2D eigenvalue weighted by Crippen LogP contribution is 2.34. The molecule has 14 heteroatoms. The lowest BCUT2D eigenvalue weighted by Gasteiger charge is -2.08. The number of rotatable bonds is 16. The second kappa shape index (κ2) is 20.2. The monoisotopic (exact) mass is 815 g/mol. The molecule has 0 spiro atoms. The van der Waals surface area contributed by atoms with Gasteiger partial charge in [-0.2, -0.15) is 8.42 Å². The number of phenols is 1. The van der Waals surface area contributed by atoms with Crippen molar-refractivity contribution in [3.63, 3.8) is 0 Å². The number of hydrogen-bond donors (Lipinski definition) is 3. The quantitative estimate of drug-likeness (QED) is 0.0492. The van der Waals surface area contributed by atoms with Crippen molar-refractivity contribution < 1.29 is 31.6 Å². The van der Waals surface area contributed by atoms with E-state index in [0.717, 1.165) is 64.3 Å². The molecule has 0 fully saturated rings. The summed E-state index contributed by atoms with van der Waals surface area (Å²) < 4.78 is 54.1. The molecule has 0 aliphatic heterocycles. The van der Waals surface area contributed by atoms with E-state index in [0.29, 0.717) is 25.9 Å². The van der Waals surface area contributed by atoms with Crippen LogP contribution >= 0.6 is 22.7 Å². The average Bonchev–Trinajstić information content (AvgIpc) is 3.82. The van der Waals surface area contributed by atoms with Crippen LogP contribution in [0.3, 0.4) is 0 Å². The Morgan fingerprint density at radius 2 is 1.29 bits per heavy atom. The number of benzene rings is 5. The maximum Gasteiger partial charge on any atom is 0.296 e. The number of nitrogens with one attached hydrogen (secondary N) is 2. The summed E-state index contributed by atoms with van der Waals surface area (Å²) in [4.78, 5) is 9.45. The first-order chi connectivity index (χ1) is 26.7. The summed E-state index contributed by atoms with van der Waals surface area (Å²) >= 11 is 3.15. The summed E-state index contributed by atoms with van der Waals surface area (Å²) in [6, 6.07) is 33.5. The summed E-state index contributed by atoms with van der Waals surface area (Å²) in [5.74, 6) is 1.00. The topological polar surface area (TPSA) is 132 Å². The van der Waals surface area contributed by atoms with Crippen molar-refractivity contribution in [2.45, 2.75) is 32.1 Å². The van der Waals surface area contributed by atoms with E-state index in [9.17, 15) is 17.9 Å². The van der Waals surface area contributed by atoms with Gasteiger partial charge in [-0.1, -0.05) is 25.1 Å². The minimum Gasteiger partial charge on any atom is -0.508 e. The van der Waals surface area contributed by atoms with Gasteiger partial charge in [0.25, 0.3) is 10.1 Å². The second-order valence-electron chi connectivity index (χ2n) is 12.4. The van der Waals surface area contributed by atoms with Gasteiger partial charge in [0.2, 0.25) is 0 Å². The number of aromatic nitrogens is 2. The molecular formula is C42H45FN4O6S3. The Hall–Kier alpha value is -5.12. The lowest BCUT2D eigenvalue weighted by atomic mass is 10.2. The SMILES string of the molecule is C.COCOc1ccc2nc(-c3ccc(NCCCOS(=O)(=O)c4ccc(C)cc4)cc3)sc2c1.Oc1ccc2nc(-c3ccc(NCCC[18F])cc3)sc2c1. The molecule has 0 atom stereocenters. The molecule has 0 bridgehead atoms. The summed E-state index contributed by atoms with van der Waals surface area (Å²) in [6.45, 7) is 3.15. The standard InChI is InChI=1S/C25H26N2O5S2.C16H15FN2OS.CH4/c1-18-4-11-22(12-5-18)34(28,29)32-15-3-14-26-20-8-6-19(7-9-20)25-27-23-13-10-21(31-17-30-2)16-24(23)33-25;17-8-1-9-18-12-4-2-11(3-5-12)16-19-14-7-6-13(20)10-15(14)21-16;/h4-13,16,26H,3,14-15,17H2,1-2H3;2-7,10,18,20H,1,8-9H2;1H4/i;17-1;. The number of fused-ring (bicyclic) bond motifs is 2. The zero-order chi connectivity index (χ0) is 38.6. The molecule has 0 amide bonds. The number of aryl methyl sites for hydroxylation is 1. The summed E-state index contributed by atoms with van der Waals surface area (Å²) in [7, 11) is -2.13. The molecule has 0 saturated carbocycles. The van der Waals surface area contributed by atoms with Gasteiger partial charge >= 0.3 is 0 Å². The van der Waals surface area contributed by atoms with Gasteiger partial charge in [0.1, 0.15) is 21.5 Å². The van der Waals surface area contributed by atoms with Crippen molar-refractivity contribution >= 4 is 64.6 Å². The third kappa shape index (κ3) is 11.5. The molecular weight excluding hydrogens is 771 g/mol. The summed E-state index contributed by atoms with van der Waals surface area (Å²) in [5.41, 5.74) is 6.79. The fourth-order valence-electron chi connectivity index (χ4n) is 5.29. The fraction of sp³-hybridized carbons (Fsp3) is 0.238. The highest BCUT2D eigenvalue weighted by molar-refractivity contribution is 7.86. The number of aromatic hydroxyl groups is 1. The lowest BCUT2D eigenvalue weighted by molar-refractivity contribution is 0.0512. The molecule has 0 radical (unpaired) electrons. The molecule has 56 heavy (non-hydrogen) atoms. The van der Waals surface area contributed by atoms with Gasteiger partial charge in [-0.15, -0.1) is 22.7 Å². The number of thiazole rings is 2. The summed E-state index contributed by atoms with van der Waals surface area (Å²) in [5, 5.41) is 17.8. The molecule has 0 saturated heterocycles. The minimum atomic E-state index is -3.72. The zero-order valence-electron chi connectivity index (χ0n) is 30.3. The van der Waals surface area contributed by atoms with E-state index in [1.807, 2.05) is 79.7 Å². The van der Waals surface area contributed by atoms with Crippen molar-refractivity contribution in [2.24, 2.45) is 0 Å². The van der Waals surface area contributed by atoms with Crippen LogP contribution in [0.5, 0.6) is 11.5 Å². The Kier molecular flexibility index (Phi) is 15.1. The first kappa shape index (κ1) is 42.0. The van der Waals surface area contributed by atoms with Crippen LogP contribution in [0.4, 0.5) is 15.8 Å². The maximum absolute atomic E-state index is 12.2. The molecule has 294 valence electrons. The van der Waals surface area contributed by atoms with E-state index in [-0.39, 0.29) is 38.1 Å². The van der Waals surface area contributed by atoms with E-state index in [2.05, 4.69) is 15.6 Å². The van der Waals surface area contributed by atoms with Gasteiger partial charge < -0.3 is 25.2 Å². The first-order valence-electron chi connectivity index (χ1n) is 17.5. The molecule has 10 nitrogen and oxygen atoms in total. The molecule has 0 aliphatic carbocycles. The third-order valence-electron chi connectivity index (χ3n) is 8.18. The van der Waals surface area contributed by atoms with Crippen LogP contribution in [-0.4, -0.2) is 63.8 Å². The van der Waals surface area contributed by atoms with Gasteiger partial charge in [0.05, 0.1) is 38.6 Å². The Balaban J connectivity index is 0.000000234. The zero-order valence-corrected chi connectivity index (χ0v) is 32.8. The van der Waals surface area contributed by atoms with E-state index < -0.39 is 10.1 Å². The summed E-state index contributed by atoms with van der Waals surface area (Å²) in [6.07, 6.45) is 1.07. The van der Waals surface area contributed by atoms with Crippen molar-refractivity contribution in [1.82, 2.24) is 9.97 Å². The molecule has 0 aliphatic rings. The third-order valence-corrected chi connectivity index (χ3v) is 11.6. The van der Waals surface area contributed by atoms with E-state index in [1.165, 1.54) is 0 Å². The van der Waals surface area contributed by atoms with Crippen molar-refractivity contribution in [3.8, 4) is 32.6 Å². The largest absolute Gasteiger partial charge is 0.508 e. The number of ether oxygens (including phenoxy) is 2. The Morgan fingerprint density at radius 3 is 1.86 bits per heavy atom. The molecule has 0 unspecified atom stereocenters. The van der Waals surface area contributed by atoms with Gasteiger partial charge in [-0.3, -0.25) is 8.57 Å². The fourth-order valence-corrected chi connectivity index (χ4v) is 8.24. The van der Waals surface area contributed by atoms with Gasteiger partial charge in [-0.05, 0) is 117 Å². The van der Waals surface area contributed by atoms with Crippen LogP contribution < -0.4 is 15.4 Å². The Morgan fingerprint density at radius 1 is 0.732 bits per heavy atom. The van der Waals surface area contributed by atoms with Gasteiger partial charge in [0.15, 0.2) is 6.79 Å². The number of alkyl halides is 1. The van der Waals surface area contributed by atoms with Crippen molar-refractivity contribution in [2.75, 3.05) is 50.9 Å². The Bertz CT molecular complexity index is 2400. The Labute approximate surface area is 335 Å². The van der Waals surface area contributed by atoms with Crippen molar-refractivity contribution in [1.29, 1.82) is 0 Å². The van der Waals surface area contributed by atoms with Gasteiger partial charge in [0, 0.05) is 42.7 Å². The molecule has 2 heterocycles. The number of anilines is 2. The molecule has 5 aromatic carbocycles.